The van der Waals surface area contributed by atoms with E-state index in [2.05, 4.69) is 41.7 Å². The van der Waals surface area contributed by atoms with Gasteiger partial charge in [0.15, 0.2) is 11.6 Å². The van der Waals surface area contributed by atoms with E-state index in [1.807, 2.05) is 0 Å². The van der Waals surface area contributed by atoms with E-state index in [0.717, 1.165) is 13.8 Å². The van der Waals surface area contributed by atoms with Crippen LogP contribution in [0, 0.1) is 0 Å². The quantitative estimate of drug-likeness (QED) is 0.0333. The van der Waals surface area contributed by atoms with Crippen molar-refractivity contribution in [1.82, 2.24) is 0 Å². The van der Waals surface area contributed by atoms with Gasteiger partial charge in [0.05, 0.1) is 36.3 Å². The predicted molar refractivity (Wildman–Crippen MR) is 269 cm³/mol. The predicted octanol–water partition coefficient (Wildman–Crippen LogP) is 12.3. The maximum atomic E-state index is 13.6. The highest BCUT2D eigenvalue weighted by Gasteiger charge is 2.26. The number of hydrogen-bond donors (Lipinski definition) is 4. The van der Waals surface area contributed by atoms with Crippen molar-refractivity contribution in [3.63, 3.8) is 0 Å². The monoisotopic (exact) mass is 1040 g/mol. The fraction of sp³-hybridized carbons (Fsp3) is 0.250. The third-order valence-corrected chi connectivity index (χ3v) is 11.1. The molecule has 0 aliphatic carbocycles. The van der Waals surface area contributed by atoms with Gasteiger partial charge in [0.25, 0.3) is 23.6 Å². The molecular weight excluding hydrogens is 994 g/mol. The van der Waals surface area contributed by atoms with Gasteiger partial charge in [-0.1, -0.05) is 35.3 Å². The molecule has 0 saturated carbocycles. The van der Waals surface area contributed by atoms with E-state index in [-0.39, 0.29) is 56.2 Å². The van der Waals surface area contributed by atoms with Gasteiger partial charge in [-0.15, -0.1) is 34.8 Å². The minimum atomic E-state index is -1.62. The van der Waals surface area contributed by atoms with Gasteiger partial charge < -0.3 is 30.7 Å². The summed E-state index contributed by atoms with van der Waals surface area (Å²) in [6, 6.07) is 19.7. The number of aryl methyl sites for hydroxylation is 1. The Hall–Kier alpha value is -6.43. The van der Waals surface area contributed by atoms with Gasteiger partial charge in [-0.2, -0.15) is 20.5 Å². The lowest BCUT2D eigenvalue weighted by Gasteiger charge is -2.16. The summed E-state index contributed by atoms with van der Waals surface area (Å²) < 4.78 is 10.6. The fourth-order valence-corrected chi connectivity index (χ4v) is 7.59. The number of nitrogens with zero attached hydrogens (tertiary/aromatic N) is 4. The van der Waals surface area contributed by atoms with Crippen LogP contribution in [0.1, 0.15) is 75.9 Å². The van der Waals surface area contributed by atoms with Crippen LogP contribution in [-0.2, 0) is 25.6 Å². The number of hydrogen-bond acceptors (Lipinski definition) is 12. The molecule has 0 radical (unpaired) electrons. The van der Waals surface area contributed by atoms with Crippen LogP contribution < -0.4 is 30.7 Å². The van der Waals surface area contributed by atoms with Gasteiger partial charge >= 0.3 is 0 Å². The zero-order valence-corrected chi connectivity index (χ0v) is 41.6. The highest BCUT2D eigenvalue weighted by atomic mass is 35.5. The zero-order valence-electron chi connectivity index (χ0n) is 37.8. The lowest BCUT2D eigenvalue weighted by atomic mass is 10.1. The second-order valence-electron chi connectivity index (χ2n) is 15.2. The molecule has 0 saturated heterocycles. The van der Waals surface area contributed by atoms with E-state index in [1.165, 1.54) is 68.8 Å². The highest BCUT2D eigenvalue weighted by Crippen LogP contribution is 2.34. The molecule has 4 atom stereocenters. The molecule has 4 unspecified atom stereocenters. The number of Topliss-reactive ketones (excluding diaryl/α,β-unsaturated/α-hetero) is 2. The number of benzene rings is 5. The molecule has 4 N–H and O–H groups in total. The average molecular weight is 1040 g/mol. The maximum Gasteiger partial charge on any atom is 0.258 e. The number of anilines is 4. The van der Waals surface area contributed by atoms with Crippen molar-refractivity contribution in [2.45, 2.75) is 57.0 Å². The Bertz CT molecular complexity index is 2840. The van der Waals surface area contributed by atoms with Crippen LogP contribution in [0.15, 0.2) is 111 Å². The van der Waals surface area contributed by atoms with Crippen molar-refractivity contribution in [3.8, 4) is 11.5 Å². The molecule has 0 aliphatic rings. The molecular formula is C48H45Cl5N8O8. The molecule has 21 heteroatoms. The largest absolute Gasteiger partial charge is 0.497 e. The molecule has 0 aromatic heterocycles. The Balaban J connectivity index is 1.29. The van der Waals surface area contributed by atoms with Gasteiger partial charge in [-0.05, 0) is 118 Å². The van der Waals surface area contributed by atoms with E-state index in [0.29, 0.717) is 39.6 Å². The smallest absolute Gasteiger partial charge is 0.258 e. The molecule has 69 heavy (non-hydrogen) atoms. The summed E-state index contributed by atoms with van der Waals surface area (Å²) in [5, 5.41) is 26.5. The Morgan fingerprint density at radius 3 is 1.42 bits per heavy atom. The van der Waals surface area contributed by atoms with Crippen molar-refractivity contribution in [1.29, 1.82) is 0 Å². The average Bonchev–Trinajstić information content (AvgIpc) is 3.29. The topological polar surface area (TPSA) is 218 Å². The van der Waals surface area contributed by atoms with Crippen LogP contribution in [0.25, 0.3) is 0 Å². The Morgan fingerprint density at radius 2 is 1.01 bits per heavy atom. The zero-order chi connectivity index (χ0) is 50.5. The number of amides is 4. The number of carbonyl (C=O) groups excluding carboxylic acids is 6. The second kappa shape index (κ2) is 24.7. The molecule has 0 aliphatic heterocycles. The molecule has 16 nitrogen and oxygen atoms in total. The number of ether oxygens (including phenoxy) is 2. The van der Waals surface area contributed by atoms with Crippen molar-refractivity contribution in [2.75, 3.05) is 41.4 Å². The summed E-state index contributed by atoms with van der Waals surface area (Å²) in [4.78, 5) is 79.2. The van der Waals surface area contributed by atoms with E-state index < -0.39 is 58.0 Å². The molecule has 0 spiro atoms. The van der Waals surface area contributed by atoms with E-state index >= 15 is 0 Å². The molecule has 360 valence electrons. The van der Waals surface area contributed by atoms with Crippen molar-refractivity contribution in [2.24, 2.45) is 20.5 Å². The molecule has 0 bridgehead atoms. The van der Waals surface area contributed by atoms with Crippen LogP contribution >= 0.6 is 58.0 Å². The number of methoxy groups -OCH3 is 2. The minimum Gasteiger partial charge on any atom is -0.497 e. The van der Waals surface area contributed by atoms with Gasteiger partial charge in [-0.3, -0.25) is 28.8 Å². The lowest BCUT2D eigenvalue weighted by molar-refractivity contribution is -0.127. The summed E-state index contributed by atoms with van der Waals surface area (Å²) in [6.07, 6.45) is 0.201. The third kappa shape index (κ3) is 14.8. The van der Waals surface area contributed by atoms with Crippen LogP contribution in [-0.4, -0.2) is 67.4 Å². The number of rotatable bonds is 20. The molecule has 5 rings (SSSR count). The summed E-state index contributed by atoms with van der Waals surface area (Å²) in [5.41, 5.74) is 3.42. The standard InChI is InChI=1S/C48H45Cl5N8O8/c1-24(50)38-10-8-36(68-5)22-41(38)56-45(64)29-15-31(52)20-34(18-29)58-60-43(26(3)62)47(66)54-33-7-12-40(28(17-33)13-14-49)55-48(67)44(27(4)63)61-59-35-19-30(16-32(53)21-35)46(65)57-42-23-37(69-6)9-11-39(42)25(2)51/h7-12,15-25,43-44H,13-14H2,1-6H3,(H,54,66)(H,55,67)(H,56,64)(H,57,65). The second-order valence-corrected chi connectivity index (χ2v) is 17.7. The number of carbonyl (C=O) groups is 6. The Kier molecular flexibility index (Phi) is 19.2. The highest BCUT2D eigenvalue weighted by molar-refractivity contribution is 6.32. The number of ketones is 2. The first-order valence-corrected chi connectivity index (χ1v) is 23.0. The number of azo groups is 2. The Morgan fingerprint density at radius 1 is 0.565 bits per heavy atom. The van der Waals surface area contributed by atoms with Crippen LogP contribution in [0.2, 0.25) is 10.0 Å². The van der Waals surface area contributed by atoms with Crippen molar-refractivity contribution < 1.29 is 38.2 Å². The van der Waals surface area contributed by atoms with E-state index in [4.69, 9.17) is 67.5 Å². The lowest BCUT2D eigenvalue weighted by Crippen LogP contribution is -2.32. The van der Waals surface area contributed by atoms with E-state index in [9.17, 15) is 28.8 Å². The fourth-order valence-electron chi connectivity index (χ4n) is 6.55. The first-order chi connectivity index (χ1) is 32.8. The van der Waals surface area contributed by atoms with E-state index in [1.54, 1.807) is 50.2 Å². The van der Waals surface area contributed by atoms with Crippen LogP contribution in [0.5, 0.6) is 11.5 Å². The molecule has 0 fully saturated rings. The number of halogens is 5. The summed E-state index contributed by atoms with van der Waals surface area (Å²) in [5.74, 6) is -2.98. The maximum absolute atomic E-state index is 13.6. The van der Waals surface area contributed by atoms with Gasteiger partial charge in [0, 0.05) is 61.9 Å². The van der Waals surface area contributed by atoms with Gasteiger partial charge in [-0.25, -0.2) is 0 Å². The SMILES string of the molecule is COc1ccc(C(C)Cl)c(NC(=O)c2cc(Cl)cc(N=NC(C(C)=O)C(=O)Nc3ccc(NC(=O)C(N=Nc4cc(Cl)cc(C(=O)Nc5cc(OC)ccc5C(C)Cl)c4)C(C)=O)c(CCCl)c3)c2)c1. The normalized spacial score (nSPS) is 13.0. The van der Waals surface area contributed by atoms with Gasteiger partial charge in [0.1, 0.15) is 11.5 Å². The van der Waals surface area contributed by atoms with Crippen molar-refractivity contribution >= 4 is 127 Å². The summed E-state index contributed by atoms with van der Waals surface area (Å²) >= 11 is 31.5. The third-order valence-electron chi connectivity index (χ3n) is 10.0. The van der Waals surface area contributed by atoms with Crippen molar-refractivity contribution in [3.05, 3.63) is 129 Å². The number of alkyl halides is 3. The molecule has 5 aromatic carbocycles. The first-order valence-electron chi connectivity index (χ1n) is 20.8. The first kappa shape index (κ1) is 53.5. The summed E-state index contributed by atoms with van der Waals surface area (Å²) in [7, 11) is 2.98. The van der Waals surface area contributed by atoms with Crippen LogP contribution in [0.4, 0.5) is 34.1 Å². The molecule has 4 amide bonds. The summed E-state index contributed by atoms with van der Waals surface area (Å²) in [6.45, 7) is 5.83. The number of nitrogens with one attached hydrogen (secondary N) is 4. The molecule has 0 heterocycles. The molecule has 5 aromatic rings. The minimum absolute atomic E-state index is 0.0797. The Labute approximate surface area is 422 Å². The van der Waals surface area contributed by atoms with Gasteiger partial charge in [0.2, 0.25) is 12.1 Å². The van der Waals surface area contributed by atoms with Crippen LogP contribution in [0.3, 0.4) is 0 Å².